The normalized spacial score (nSPS) is 10.7. The zero-order valence-electron chi connectivity index (χ0n) is 11.3. The van der Waals surface area contributed by atoms with Gasteiger partial charge in [-0.15, -0.1) is 0 Å². The molecule has 0 aliphatic carbocycles. The molecule has 1 aromatic rings. The Morgan fingerprint density at radius 3 is 1.94 bits per heavy atom. The Bertz CT molecular complexity index is 403. The molecule has 5 nitrogen and oxygen atoms in total. The van der Waals surface area contributed by atoms with Gasteiger partial charge in [-0.25, -0.2) is 4.79 Å². The van der Waals surface area contributed by atoms with Gasteiger partial charge in [-0.05, 0) is 26.0 Å². The molecule has 0 aromatic heterocycles. The number of hydrogen-bond acceptors (Lipinski definition) is 5. The lowest BCUT2D eigenvalue weighted by Crippen LogP contribution is -2.39. The zero-order chi connectivity index (χ0) is 13.8. The van der Waals surface area contributed by atoms with Gasteiger partial charge in [-0.1, -0.05) is 6.07 Å². The van der Waals surface area contributed by atoms with Gasteiger partial charge in [0.2, 0.25) is 11.4 Å². The lowest BCUT2D eigenvalue weighted by Gasteiger charge is -2.25. The van der Waals surface area contributed by atoms with E-state index < -0.39 is 11.6 Å². The zero-order valence-corrected chi connectivity index (χ0v) is 11.3. The van der Waals surface area contributed by atoms with Crippen molar-refractivity contribution in [2.45, 2.75) is 19.4 Å². The monoisotopic (exact) mass is 254 g/mol. The molecular weight excluding hydrogens is 236 g/mol. The molecule has 0 radical (unpaired) electrons. The second-order valence-corrected chi connectivity index (χ2v) is 4.10. The Morgan fingerprint density at radius 1 is 1.06 bits per heavy atom. The minimum atomic E-state index is -1.13. The van der Waals surface area contributed by atoms with Crippen LogP contribution in [0.3, 0.4) is 0 Å². The fourth-order valence-electron chi connectivity index (χ4n) is 1.46. The molecular formula is C13H18O5. The van der Waals surface area contributed by atoms with Crippen LogP contribution in [0.5, 0.6) is 17.2 Å². The highest BCUT2D eigenvalue weighted by molar-refractivity contribution is 5.79. The van der Waals surface area contributed by atoms with Crippen molar-refractivity contribution >= 4 is 5.97 Å². The Kier molecular flexibility index (Phi) is 4.42. The maximum atomic E-state index is 11.6. The maximum absolute atomic E-state index is 11.6. The van der Waals surface area contributed by atoms with E-state index in [2.05, 4.69) is 4.74 Å². The van der Waals surface area contributed by atoms with Gasteiger partial charge in [-0.2, -0.15) is 0 Å². The quantitative estimate of drug-likeness (QED) is 0.752. The van der Waals surface area contributed by atoms with E-state index in [1.54, 1.807) is 32.0 Å². The molecule has 0 saturated carbocycles. The summed E-state index contributed by atoms with van der Waals surface area (Å²) in [6.45, 7) is 3.23. The molecule has 5 heteroatoms. The minimum absolute atomic E-state index is 0.373. The lowest BCUT2D eigenvalue weighted by molar-refractivity contribution is -0.156. The molecule has 0 saturated heterocycles. The summed E-state index contributed by atoms with van der Waals surface area (Å²) in [7, 11) is 4.35. The average Bonchev–Trinajstić information content (AvgIpc) is 2.37. The summed E-state index contributed by atoms with van der Waals surface area (Å²) in [6, 6.07) is 5.23. The molecule has 18 heavy (non-hydrogen) atoms. The molecule has 1 rings (SSSR count). The summed E-state index contributed by atoms with van der Waals surface area (Å²) < 4.78 is 20.7. The highest BCUT2D eigenvalue weighted by atomic mass is 16.6. The molecule has 0 atom stereocenters. The lowest BCUT2D eigenvalue weighted by atomic mass is 10.1. The number of rotatable bonds is 5. The predicted molar refractivity (Wildman–Crippen MR) is 66.3 cm³/mol. The van der Waals surface area contributed by atoms with E-state index in [-0.39, 0.29) is 0 Å². The Morgan fingerprint density at radius 2 is 1.56 bits per heavy atom. The molecule has 0 spiro atoms. The van der Waals surface area contributed by atoms with Gasteiger partial charge in [0.1, 0.15) is 0 Å². The highest BCUT2D eigenvalue weighted by Crippen LogP contribution is 2.39. The van der Waals surface area contributed by atoms with Crippen LogP contribution < -0.4 is 14.2 Å². The van der Waals surface area contributed by atoms with Crippen LogP contribution >= 0.6 is 0 Å². The molecule has 0 bridgehead atoms. The van der Waals surface area contributed by atoms with Crippen LogP contribution in [0.15, 0.2) is 18.2 Å². The van der Waals surface area contributed by atoms with Crippen molar-refractivity contribution in [2.24, 2.45) is 0 Å². The Hall–Kier alpha value is -1.91. The molecule has 0 amide bonds. The standard InChI is InChI=1S/C13H18O5/c1-13(2,12(14)17-5)18-11-9(15-3)7-6-8-10(11)16-4/h6-8H,1-5H3. The van der Waals surface area contributed by atoms with Crippen LogP contribution in [0.4, 0.5) is 0 Å². The number of hydrogen-bond donors (Lipinski definition) is 0. The molecule has 1 aromatic carbocycles. The van der Waals surface area contributed by atoms with Gasteiger partial charge in [0.15, 0.2) is 11.5 Å². The fourth-order valence-corrected chi connectivity index (χ4v) is 1.46. The van der Waals surface area contributed by atoms with Crippen LogP contribution in [-0.4, -0.2) is 32.9 Å². The van der Waals surface area contributed by atoms with Crippen molar-refractivity contribution in [3.05, 3.63) is 18.2 Å². The summed E-state index contributed by atoms with van der Waals surface area (Å²) in [6.07, 6.45) is 0. The Balaban J connectivity index is 3.13. The van der Waals surface area contributed by atoms with Gasteiger partial charge in [0.05, 0.1) is 21.3 Å². The molecule has 100 valence electrons. The first-order valence-electron chi connectivity index (χ1n) is 5.44. The second-order valence-electron chi connectivity index (χ2n) is 4.10. The maximum Gasteiger partial charge on any atom is 0.349 e. The van der Waals surface area contributed by atoms with Crippen molar-refractivity contribution in [2.75, 3.05) is 21.3 Å². The summed E-state index contributed by atoms with van der Waals surface area (Å²) >= 11 is 0. The van der Waals surface area contributed by atoms with E-state index in [9.17, 15) is 4.79 Å². The summed E-state index contributed by atoms with van der Waals surface area (Å²) in [5.41, 5.74) is -1.13. The molecule has 0 heterocycles. The highest BCUT2D eigenvalue weighted by Gasteiger charge is 2.33. The van der Waals surface area contributed by atoms with Crippen molar-refractivity contribution in [1.82, 2.24) is 0 Å². The van der Waals surface area contributed by atoms with Crippen LogP contribution in [0.25, 0.3) is 0 Å². The third kappa shape index (κ3) is 2.85. The SMILES string of the molecule is COC(=O)C(C)(C)Oc1c(OC)cccc1OC. The third-order valence-corrected chi connectivity index (χ3v) is 2.42. The van der Waals surface area contributed by atoms with Gasteiger partial charge in [0, 0.05) is 0 Å². The van der Waals surface area contributed by atoms with Crippen molar-refractivity contribution in [3.8, 4) is 17.2 Å². The number of methoxy groups -OCH3 is 3. The number of benzene rings is 1. The molecule has 0 fully saturated rings. The van der Waals surface area contributed by atoms with E-state index in [0.717, 1.165) is 0 Å². The number of ether oxygens (including phenoxy) is 4. The molecule has 0 N–H and O–H groups in total. The van der Waals surface area contributed by atoms with Crippen LogP contribution in [0.2, 0.25) is 0 Å². The van der Waals surface area contributed by atoms with E-state index in [4.69, 9.17) is 14.2 Å². The Labute approximate surface area is 107 Å². The molecule has 0 unspecified atom stereocenters. The molecule has 0 aliphatic rings. The second kappa shape index (κ2) is 5.62. The summed E-state index contributed by atoms with van der Waals surface area (Å²) in [4.78, 5) is 11.6. The van der Waals surface area contributed by atoms with Crippen LogP contribution in [0, 0.1) is 0 Å². The third-order valence-electron chi connectivity index (χ3n) is 2.42. The molecule has 0 aliphatic heterocycles. The average molecular weight is 254 g/mol. The van der Waals surface area contributed by atoms with Crippen LogP contribution in [0.1, 0.15) is 13.8 Å². The number of esters is 1. The van der Waals surface area contributed by atoms with Crippen molar-refractivity contribution < 1.29 is 23.7 Å². The summed E-state index contributed by atoms with van der Waals surface area (Å²) in [5, 5.41) is 0. The van der Waals surface area contributed by atoms with Gasteiger partial charge in [-0.3, -0.25) is 0 Å². The van der Waals surface area contributed by atoms with E-state index >= 15 is 0 Å². The van der Waals surface area contributed by atoms with Crippen molar-refractivity contribution in [1.29, 1.82) is 0 Å². The van der Waals surface area contributed by atoms with E-state index in [1.165, 1.54) is 21.3 Å². The van der Waals surface area contributed by atoms with Crippen LogP contribution in [-0.2, 0) is 9.53 Å². The number of carbonyl (C=O) groups excluding carboxylic acids is 1. The van der Waals surface area contributed by atoms with E-state index in [1.807, 2.05) is 0 Å². The first-order valence-corrected chi connectivity index (χ1v) is 5.44. The number of para-hydroxylation sites is 1. The van der Waals surface area contributed by atoms with Gasteiger partial charge < -0.3 is 18.9 Å². The minimum Gasteiger partial charge on any atom is -0.493 e. The van der Waals surface area contributed by atoms with Gasteiger partial charge >= 0.3 is 5.97 Å². The van der Waals surface area contributed by atoms with Crippen molar-refractivity contribution in [3.63, 3.8) is 0 Å². The fraction of sp³-hybridized carbons (Fsp3) is 0.462. The first kappa shape index (κ1) is 14.2. The predicted octanol–water partition coefficient (Wildman–Crippen LogP) is 2.03. The first-order chi connectivity index (χ1) is 8.46. The summed E-state index contributed by atoms with van der Waals surface area (Å²) in [5.74, 6) is 0.881. The number of carbonyl (C=O) groups is 1. The van der Waals surface area contributed by atoms with E-state index in [0.29, 0.717) is 17.2 Å². The van der Waals surface area contributed by atoms with Gasteiger partial charge in [0.25, 0.3) is 0 Å². The topological polar surface area (TPSA) is 54.0 Å². The largest absolute Gasteiger partial charge is 0.493 e. The smallest absolute Gasteiger partial charge is 0.349 e.